The Hall–Kier alpha value is -3.27. The number of hydrogen-bond donors (Lipinski definition) is 1. The molecule has 1 fully saturated rings. The van der Waals surface area contributed by atoms with E-state index in [0.717, 1.165) is 16.7 Å². The first-order chi connectivity index (χ1) is 18.7. The number of aliphatic hydroxyl groups is 1. The van der Waals surface area contributed by atoms with Gasteiger partial charge in [-0.3, -0.25) is 0 Å². The quantitative estimate of drug-likeness (QED) is 0.142. The summed E-state index contributed by atoms with van der Waals surface area (Å²) in [6, 6.07) is 29.2. The minimum atomic E-state index is -1.06. The summed E-state index contributed by atoms with van der Waals surface area (Å²) in [5, 5.41) is 15.0. The zero-order valence-electron chi connectivity index (χ0n) is 21.1. The lowest BCUT2D eigenvalue weighted by atomic mass is 9.98. The second kappa shape index (κ2) is 15.2. The van der Waals surface area contributed by atoms with E-state index in [2.05, 4.69) is 10.0 Å². The Kier molecular flexibility index (Phi) is 11.1. The number of hydrogen-bond acceptors (Lipinski definition) is 7. The Bertz CT molecular complexity index is 1110. The lowest BCUT2D eigenvalue weighted by Crippen LogP contribution is -2.61. The largest absolute Gasteiger partial charge is 0.387 e. The molecule has 0 radical (unpaired) electrons. The van der Waals surface area contributed by atoms with Crippen LogP contribution < -0.4 is 0 Å². The zero-order valence-corrected chi connectivity index (χ0v) is 21.1. The topological polar surface area (TPSA) is 115 Å². The molecule has 1 saturated heterocycles. The van der Waals surface area contributed by atoms with Crippen LogP contribution in [0.25, 0.3) is 10.4 Å². The second-order valence-electron chi connectivity index (χ2n) is 8.88. The summed E-state index contributed by atoms with van der Waals surface area (Å²) in [5.74, 6) is 0. The molecule has 4 rings (SSSR count). The smallest absolute Gasteiger partial charge is 0.186 e. The van der Waals surface area contributed by atoms with Crippen molar-refractivity contribution in [1.82, 2.24) is 0 Å². The highest BCUT2D eigenvalue weighted by Crippen LogP contribution is 2.29. The minimum Gasteiger partial charge on any atom is -0.387 e. The number of rotatable bonds is 14. The van der Waals surface area contributed by atoms with E-state index in [-0.39, 0.29) is 33.0 Å². The van der Waals surface area contributed by atoms with E-state index < -0.39 is 30.7 Å². The van der Waals surface area contributed by atoms with Gasteiger partial charge in [0.25, 0.3) is 0 Å². The third-order valence-corrected chi connectivity index (χ3v) is 6.12. The molecule has 0 aromatic heterocycles. The number of azide groups is 1. The number of ether oxygens (including phenoxy) is 5. The van der Waals surface area contributed by atoms with E-state index in [9.17, 15) is 5.11 Å². The highest BCUT2D eigenvalue weighted by atomic mass is 16.7. The standard InChI is InChI=1S/C29H33N3O6/c30-32-31-16-17-35-29-28(37-20-24-14-8-3-9-15-24)26(33)27(36-19-23-12-6-2-7-13-23)25(38-29)21-34-18-22-10-4-1-5-11-22/h1-15,25-29,33H,16-21H2/t25-,26+,27+,28-,29?/m1/s1. The number of aliphatic hydroxyl groups excluding tert-OH is 1. The molecule has 0 aliphatic carbocycles. The van der Waals surface area contributed by atoms with Gasteiger partial charge in [0, 0.05) is 11.5 Å². The van der Waals surface area contributed by atoms with Gasteiger partial charge in [-0.05, 0) is 22.2 Å². The summed E-state index contributed by atoms with van der Waals surface area (Å²) in [6.07, 6.45) is -4.18. The molecule has 5 atom stereocenters. The average Bonchev–Trinajstić information content (AvgIpc) is 2.96. The average molecular weight is 520 g/mol. The molecule has 38 heavy (non-hydrogen) atoms. The third-order valence-electron chi connectivity index (χ3n) is 6.12. The SMILES string of the molecule is [N-]=[N+]=NCCOC1O[C@H](COCc2ccccc2)[C@H](OCc2ccccc2)[C@H](O)[C@H]1OCc1ccccc1. The molecule has 9 nitrogen and oxygen atoms in total. The van der Waals surface area contributed by atoms with Crippen molar-refractivity contribution in [1.29, 1.82) is 0 Å². The van der Waals surface area contributed by atoms with Crippen molar-refractivity contribution in [3.8, 4) is 0 Å². The van der Waals surface area contributed by atoms with Crippen molar-refractivity contribution >= 4 is 0 Å². The summed E-state index contributed by atoms with van der Waals surface area (Å²) in [6.45, 7) is 1.34. The molecule has 3 aromatic carbocycles. The lowest BCUT2D eigenvalue weighted by Gasteiger charge is -2.44. The predicted octanol–water partition coefficient (Wildman–Crippen LogP) is 4.79. The van der Waals surface area contributed by atoms with Crippen LogP contribution in [0.15, 0.2) is 96.1 Å². The summed E-state index contributed by atoms with van der Waals surface area (Å²) in [5.41, 5.74) is 11.5. The fourth-order valence-corrected chi connectivity index (χ4v) is 4.20. The fourth-order valence-electron chi connectivity index (χ4n) is 4.20. The molecule has 0 saturated carbocycles. The van der Waals surface area contributed by atoms with Gasteiger partial charge in [0.1, 0.15) is 24.4 Å². The van der Waals surface area contributed by atoms with Gasteiger partial charge in [0.05, 0.1) is 33.0 Å². The van der Waals surface area contributed by atoms with Crippen LogP contribution in [0.4, 0.5) is 0 Å². The van der Waals surface area contributed by atoms with Gasteiger partial charge in [-0.1, -0.05) is 96.1 Å². The van der Waals surface area contributed by atoms with E-state index in [4.69, 9.17) is 29.2 Å². The van der Waals surface area contributed by atoms with Crippen LogP contribution >= 0.6 is 0 Å². The van der Waals surface area contributed by atoms with Crippen LogP contribution in [0.2, 0.25) is 0 Å². The molecule has 0 spiro atoms. The molecule has 1 aliphatic heterocycles. The maximum Gasteiger partial charge on any atom is 0.186 e. The molecule has 200 valence electrons. The van der Waals surface area contributed by atoms with Gasteiger partial charge in [0.2, 0.25) is 0 Å². The highest BCUT2D eigenvalue weighted by molar-refractivity contribution is 5.15. The monoisotopic (exact) mass is 519 g/mol. The Morgan fingerprint density at radius 3 is 1.82 bits per heavy atom. The van der Waals surface area contributed by atoms with Gasteiger partial charge < -0.3 is 28.8 Å². The van der Waals surface area contributed by atoms with Crippen molar-refractivity contribution in [2.75, 3.05) is 19.8 Å². The van der Waals surface area contributed by atoms with Gasteiger partial charge >= 0.3 is 0 Å². The van der Waals surface area contributed by atoms with Crippen LogP contribution in [0.5, 0.6) is 0 Å². The van der Waals surface area contributed by atoms with Crippen molar-refractivity contribution in [3.05, 3.63) is 118 Å². The Balaban J connectivity index is 1.48. The van der Waals surface area contributed by atoms with Crippen molar-refractivity contribution < 1.29 is 28.8 Å². The molecular weight excluding hydrogens is 486 g/mol. The van der Waals surface area contributed by atoms with Gasteiger partial charge in [-0.2, -0.15) is 0 Å². The highest BCUT2D eigenvalue weighted by Gasteiger charge is 2.47. The lowest BCUT2D eigenvalue weighted by molar-refractivity contribution is -0.320. The van der Waals surface area contributed by atoms with Crippen LogP contribution in [0.1, 0.15) is 16.7 Å². The summed E-state index contributed by atoms with van der Waals surface area (Å²) in [4.78, 5) is 2.76. The van der Waals surface area contributed by atoms with Crippen molar-refractivity contribution in [2.45, 2.75) is 50.5 Å². The number of benzene rings is 3. The molecule has 1 aliphatic rings. The Morgan fingerprint density at radius 2 is 1.26 bits per heavy atom. The van der Waals surface area contributed by atoms with E-state index in [0.29, 0.717) is 6.61 Å². The first kappa shape index (κ1) is 27.8. The predicted molar refractivity (Wildman–Crippen MR) is 141 cm³/mol. The molecule has 0 bridgehead atoms. The maximum absolute atomic E-state index is 11.5. The molecule has 1 heterocycles. The van der Waals surface area contributed by atoms with E-state index in [1.807, 2.05) is 91.0 Å². The molecule has 3 aromatic rings. The van der Waals surface area contributed by atoms with Crippen LogP contribution in [0, 0.1) is 0 Å². The maximum atomic E-state index is 11.5. The molecule has 9 heteroatoms. The van der Waals surface area contributed by atoms with Crippen LogP contribution in [-0.4, -0.2) is 55.6 Å². The van der Waals surface area contributed by atoms with Crippen molar-refractivity contribution in [3.63, 3.8) is 0 Å². The Labute approximate surface area is 222 Å². The second-order valence-corrected chi connectivity index (χ2v) is 8.88. The normalized spacial score (nSPS) is 23.0. The summed E-state index contributed by atoms with van der Waals surface area (Å²) in [7, 11) is 0. The van der Waals surface area contributed by atoms with E-state index in [1.165, 1.54) is 0 Å². The zero-order chi connectivity index (χ0) is 26.4. The van der Waals surface area contributed by atoms with E-state index >= 15 is 0 Å². The van der Waals surface area contributed by atoms with Gasteiger partial charge in [0.15, 0.2) is 6.29 Å². The van der Waals surface area contributed by atoms with E-state index in [1.54, 1.807) is 0 Å². The van der Waals surface area contributed by atoms with Crippen molar-refractivity contribution in [2.24, 2.45) is 5.11 Å². The number of nitrogens with zero attached hydrogens (tertiary/aromatic N) is 3. The summed E-state index contributed by atoms with van der Waals surface area (Å²) < 4.78 is 30.5. The minimum absolute atomic E-state index is 0.111. The Morgan fingerprint density at radius 1 is 0.737 bits per heavy atom. The molecule has 1 N–H and O–H groups in total. The van der Waals surface area contributed by atoms with Gasteiger partial charge in [-0.15, -0.1) is 0 Å². The molecule has 1 unspecified atom stereocenters. The summed E-state index contributed by atoms with van der Waals surface area (Å²) >= 11 is 0. The first-order valence-corrected chi connectivity index (χ1v) is 12.6. The molecular formula is C29H33N3O6. The molecule has 0 amide bonds. The third kappa shape index (κ3) is 8.37. The van der Waals surface area contributed by atoms with Gasteiger partial charge in [-0.25, -0.2) is 0 Å². The van der Waals surface area contributed by atoms with Crippen LogP contribution in [-0.2, 0) is 43.5 Å². The van der Waals surface area contributed by atoms with Crippen LogP contribution in [0.3, 0.4) is 0 Å². The fraction of sp³-hybridized carbons (Fsp3) is 0.379. The first-order valence-electron chi connectivity index (χ1n) is 12.6.